The molecule has 4 aromatic rings. The molecule has 0 radical (unpaired) electrons. The van der Waals surface area contributed by atoms with Crippen molar-refractivity contribution in [1.82, 2.24) is 0 Å². The van der Waals surface area contributed by atoms with Crippen molar-refractivity contribution in [2.75, 3.05) is 12.4 Å². The number of aryl methyl sites for hydroxylation is 1. The zero-order chi connectivity index (χ0) is 27.3. The first-order valence-electron chi connectivity index (χ1n) is 13.1. The number of benzene rings is 3. The molecule has 0 fully saturated rings. The molecular weight excluding hydrogens is 615 g/mol. The number of hydrogen-bond donors (Lipinski definition) is 1. The number of hydrogen-bond acceptors (Lipinski definition) is 5. The summed E-state index contributed by atoms with van der Waals surface area (Å²) in [6, 6.07) is 21.5. The molecule has 3 aromatic carbocycles. The molecule has 7 heteroatoms. The number of nitrogens with zero attached hydrogens (tertiary/aromatic N) is 1. The van der Waals surface area contributed by atoms with Crippen molar-refractivity contribution in [1.29, 1.82) is 0 Å². The van der Waals surface area contributed by atoms with Crippen molar-refractivity contribution in [3.05, 3.63) is 107 Å². The third-order valence-corrected chi connectivity index (χ3v) is 7.69. The van der Waals surface area contributed by atoms with E-state index in [9.17, 15) is 9.59 Å². The highest BCUT2D eigenvalue weighted by Gasteiger charge is 2.41. The van der Waals surface area contributed by atoms with E-state index in [-0.39, 0.29) is 41.1 Å². The Bertz CT molecular complexity index is 1670. The van der Waals surface area contributed by atoms with Gasteiger partial charge in [0.15, 0.2) is 29.7 Å². The SMILES string of the molecule is COc1cc(C2C3=C(CC(C)(C)CC3=O)Nc3ccc4ccccc4c32)ccc1OC(=O)c1cc[n+](C)cc1.[I-]. The number of nitrogens with one attached hydrogen (secondary N) is 1. The minimum absolute atomic E-state index is 0. The van der Waals surface area contributed by atoms with Gasteiger partial charge in [-0.15, -0.1) is 0 Å². The van der Waals surface area contributed by atoms with E-state index in [4.69, 9.17) is 9.47 Å². The van der Waals surface area contributed by atoms with Crippen molar-refractivity contribution >= 4 is 28.2 Å². The summed E-state index contributed by atoms with van der Waals surface area (Å²) in [6.07, 6.45) is 4.87. The number of pyridine rings is 1. The minimum Gasteiger partial charge on any atom is -1.00 e. The van der Waals surface area contributed by atoms with E-state index in [1.54, 1.807) is 37.7 Å². The number of rotatable bonds is 4. The van der Waals surface area contributed by atoms with Gasteiger partial charge in [-0.25, -0.2) is 9.36 Å². The Balaban J connectivity index is 0.00000323. The van der Waals surface area contributed by atoms with Crippen molar-refractivity contribution in [3.8, 4) is 11.5 Å². The van der Waals surface area contributed by atoms with Crippen molar-refractivity contribution in [2.24, 2.45) is 12.5 Å². The first-order chi connectivity index (χ1) is 18.7. The third kappa shape index (κ3) is 4.98. The lowest BCUT2D eigenvalue weighted by molar-refractivity contribution is -0.671. The molecule has 0 bridgehead atoms. The second-order valence-electron chi connectivity index (χ2n) is 11.2. The molecule has 0 saturated heterocycles. The minimum atomic E-state index is -0.463. The van der Waals surface area contributed by atoms with Gasteiger partial charge < -0.3 is 38.8 Å². The molecule has 40 heavy (non-hydrogen) atoms. The van der Waals surface area contributed by atoms with Gasteiger partial charge in [-0.3, -0.25) is 4.79 Å². The quantitative estimate of drug-likeness (QED) is 0.160. The van der Waals surface area contributed by atoms with E-state index in [0.29, 0.717) is 23.5 Å². The van der Waals surface area contributed by atoms with Crippen LogP contribution in [0, 0.1) is 5.41 Å². The van der Waals surface area contributed by atoms with E-state index in [1.165, 1.54) is 0 Å². The number of carbonyl (C=O) groups excluding carboxylic acids is 2. The van der Waals surface area contributed by atoms with E-state index in [1.807, 2.05) is 35.9 Å². The summed E-state index contributed by atoms with van der Waals surface area (Å²) in [4.78, 5) is 26.6. The van der Waals surface area contributed by atoms with Crippen LogP contribution >= 0.6 is 0 Å². The van der Waals surface area contributed by atoms with Crippen LogP contribution in [0.2, 0.25) is 0 Å². The highest BCUT2D eigenvalue weighted by Crippen LogP contribution is 2.51. The summed E-state index contributed by atoms with van der Waals surface area (Å²) < 4.78 is 13.3. The van der Waals surface area contributed by atoms with E-state index < -0.39 is 5.97 Å². The molecular formula is C33H31IN2O4. The van der Waals surface area contributed by atoms with Crippen LogP contribution in [-0.2, 0) is 11.8 Å². The molecule has 1 N–H and O–H groups in total. The van der Waals surface area contributed by atoms with Crippen LogP contribution in [0.4, 0.5) is 5.69 Å². The number of Topliss-reactive ketones (excluding diaryl/α,β-unsaturated/α-hetero) is 1. The lowest BCUT2D eigenvalue weighted by Crippen LogP contribution is -3.00. The molecule has 1 atom stereocenters. The Kier molecular flexibility index (Phi) is 7.44. The maximum Gasteiger partial charge on any atom is 0.344 e. The Labute approximate surface area is 251 Å². The van der Waals surface area contributed by atoms with Gasteiger partial charge in [0.25, 0.3) is 0 Å². The fraction of sp³-hybridized carbons (Fsp3) is 0.242. The van der Waals surface area contributed by atoms with Gasteiger partial charge >= 0.3 is 5.97 Å². The van der Waals surface area contributed by atoms with Gasteiger partial charge in [0.2, 0.25) is 0 Å². The Morgan fingerprint density at radius 3 is 2.48 bits per heavy atom. The standard InChI is InChI=1S/C33H30N2O4.HI/c1-33(2)18-25-31(26(36)19-33)29(30-23-8-6-5-7-20(23)9-11-24(30)34-25)22-10-12-27(28(17-22)38-4)39-32(37)21-13-15-35(3)16-14-21;/h5-17,29H,18-19H2,1-4H3;1H. The van der Waals surface area contributed by atoms with Crippen LogP contribution in [0.25, 0.3) is 10.8 Å². The number of ether oxygens (including phenoxy) is 2. The van der Waals surface area contributed by atoms with E-state index >= 15 is 0 Å². The number of carbonyl (C=O) groups is 2. The smallest absolute Gasteiger partial charge is 0.344 e. The number of anilines is 1. The largest absolute Gasteiger partial charge is 1.00 e. The Hall–Kier alpha value is -3.72. The van der Waals surface area contributed by atoms with Gasteiger partial charge in [-0.1, -0.05) is 50.2 Å². The Morgan fingerprint density at radius 1 is 0.975 bits per heavy atom. The van der Waals surface area contributed by atoms with Gasteiger partial charge in [0.1, 0.15) is 7.05 Å². The van der Waals surface area contributed by atoms with Gasteiger partial charge in [-0.2, -0.15) is 0 Å². The predicted octanol–water partition coefficient (Wildman–Crippen LogP) is 3.10. The maximum atomic E-state index is 13.7. The monoisotopic (exact) mass is 646 g/mol. The number of aromatic nitrogens is 1. The van der Waals surface area contributed by atoms with E-state index in [0.717, 1.165) is 45.3 Å². The molecule has 1 aromatic heterocycles. The zero-order valence-electron chi connectivity index (χ0n) is 23.0. The Morgan fingerprint density at radius 2 is 1.73 bits per heavy atom. The lowest BCUT2D eigenvalue weighted by Gasteiger charge is -2.40. The predicted molar refractivity (Wildman–Crippen MR) is 150 cm³/mol. The molecule has 0 amide bonds. The van der Waals surface area contributed by atoms with Gasteiger partial charge in [-0.05, 0) is 51.9 Å². The topological polar surface area (TPSA) is 68.5 Å². The molecule has 0 spiro atoms. The summed E-state index contributed by atoms with van der Waals surface area (Å²) in [6.45, 7) is 4.28. The van der Waals surface area contributed by atoms with Crippen molar-refractivity contribution in [2.45, 2.75) is 32.6 Å². The summed E-state index contributed by atoms with van der Waals surface area (Å²) in [5.74, 6) is 0.183. The molecule has 1 aliphatic heterocycles. The number of ketones is 1. The molecule has 204 valence electrons. The van der Waals surface area contributed by atoms with E-state index in [2.05, 4.69) is 43.4 Å². The summed E-state index contributed by atoms with van der Waals surface area (Å²) in [5, 5.41) is 5.84. The summed E-state index contributed by atoms with van der Waals surface area (Å²) >= 11 is 0. The maximum absolute atomic E-state index is 13.7. The number of allylic oxidation sites excluding steroid dienone is 2. The molecule has 1 unspecified atom stereocenters. The fourth-order valence-electron chi connectivity index (χ4n) is 5.88. The normalized spacial score (nSPS) is 17.3. The molecule has 2 heterocycles. The summed E-state index contributed by atoms with van der Waals surface area (Å²) in [7, 11) is 3.45. The van der Waals surface area contributed by atoms with Crippen LogP contribution in [0.5, 0.6) is 11.5 Å². The first-order valence-corrected chi connectivity index (χ1v) is 13.1. The second kappa shape index (κ2) is 10.7. The highest BCUT2D eigenvalue weighted by molar-refractivity contribution is 6.04. The van der Waals surface area contributed by atoms with Gasteiger partial charge in [0.05, 0.1) is 12.7 Å². The van der Waals surface area contributed by atoms with Crippen LogP contribution in [-0.4, -0.2) is 18.9 Å². The molecule has 6 nitrogen and oxygen atoms in total. The molecule has 6 rings (SSSR count). The fourth-order valence-corrected chi connectivity index (χ4v) is 5.88. The number of fused-ring (bicyclic) bond motifs is 3. The van der Waals surface area contributed by atoms with Crippen LogP contribution in [0.15, 0.2) is 90.4 Å². The highest BCUT2D eigenvalue weighted by atomic mass is 127. The van der Waals surface area contributed by atoms with Crippen LogP contribution in [0.3, 0.4) is 0 Å². The van der Waals surface area contributed by atoms with Crippen molar-refractivity contribution < 1.29 is 47.6 Å². The number of methoxy groups -OCH3 is 1. The molecule has 2 aliphatic rings. The number of halogens is 1. The van der Waals surface area contributed by atoms with Crippen LogP contribution < -0.4 is 43.3 Å². The average Bonchev–Trinajstić information content (AvgIpc) is 2.91. The summed E-state index contributed by atoms with van der Waals surface area (Å²) in [5.41, 5.74) is 5.11. The molecule has 0 saturated carbocycles. The first kappa shape index (κ1) is 27.8. The second-order valence-corrected chi connectivity index (χ2v) is 11.2. The van der Waals surface area contributed by atoms with Crippen LogP contribution in [0.1, 0.15) is 54.1 Å². The lowest BCUT2D eigenvalue weighted by atomic mass is 9.68. The average molecular weight is 647 g/mol. The number of esters is 1. The third-order valence-electron chi connectivity index (χ3n) is 7.69. The van der Waals surface area contributed by atoms with Crippen molar-refractivity contribution in [3.63, 3.8) is 0 Å². The molecule has 1 aliphatic carbocycles. The zero-order valence-corrected chi connectivity index (χ0v) is 25.1. The van der Waals surface area contributed by atoms with Gasteiger partial charge in [0, 0.05) is 41.4 Å².